The third-order valence-electron chi connectivity index (χ3n) is 2.18. The molecule has 0 bridgehead atoms. The number of benzene rings is 1. The van der Waals surface area contributed by atoms with E-state index in [1.165, 1.54) is 11.1 Å². The molecule has 3 heteroatoms. The average molecular weight is 223 g/mol. The number of aryl methyl sites for hydroxylation is 2. The molecule has 1 aromatic carbocycles. The van der Waals surface area contributed by atoms with E-state index < -0.39 is 0 Å². The van der Waals surface area contributed by atoms with E-state index in [1.54, 1.807) is 0 Å². The fraction of sp³-hybridized carbons (Fsp3) is 0.417. The molecule has 1 atom stereocenters. The van der Waals surface area contributed by atoms with Crippen molar-refractivity contribution in [3.05, 3.63) is 29.3 Å². The molecular weight excluding hydrogens is 206 g/mol. The number of thiocarbonyl (C=S) groups is 1. The van der Waals surface area contributed by atoms with Gasteiger partial charge in [-0.3, -0.25) is 0 Å². The summed E-state index contributed by atoms with van der Waals surface area (Å²) >= 11 is 4.88. The van der Waals surface area contributed by atoms with Crippen molar-refractivity contribution in [2.45, 2.75) is 20.8 Å². The Morgan fingerprint density at radius 3 is 2.33 bits per heavy atom. The molecule has 15 heavy (non-hydrogen) atoms. The maximum absolute atomic E-state index is 5.62. The van der Waals surface area contributed by atoms with Gasteiger partial charge in [-0.25, -0.2) is 0 Å². The Morgan fingerprint density at radius 1 is 1.33 bits per heavy atom. The Hall–Kier alpha value is -1.09. The minimum atomic E-state index is 0.112. The van der Waals surface area contributed by atoms with Crippen LogP contribution in [0, 0.1) is 19.8 Å². The first-order chi connectivity index (χ1) is 6.99. The minimum absolute atomic E-state index is 0.112. The number of nitrogens with two attached hydrogens (primary N) is 1. The zero-order valence-corrected chi connectivity index (χ0v) is 10.2. The van der Waals surface area contributed by atoms with E-state index in [2.05, 4.69) is 19.9 Å². The molecule has 0 spiro atoms. The second kappa shape index (κ2) is 5.12. The zero-order chi connectivity index (χ0) is 11.4. The minimum Gasteiger partial charge on any atom is -0.493 e. The van der Waals surface area contributed by atoms with Crippen molar-refractivity contribution in [1.82, 2.24) is 0 Å². The normalized spacial score (nSPS) is 12.2. The van der Waals surface area contributed by atoms with Crippen molar-refractivity contribution >= 4 is 17.2 Å². The second-order valence-electron chi connectivity index (χ2n) is 3.94. The molecule has 0 aliphatic heterocycles. The van der Waals surface area contributed by atoms with Gasteiger partial charge in [0.05, 0.1) is 11.6 Å². The van der Waals surface area contributed by atoms with Gasteiger partial charge in [0.15, 0.2) is 0 Å². The number of rotatable bonds is 4. The fourth-order valence-electron chi connectivity index (χ4n) is 1.32. The zero-order valence-electron chi connectivity index (χ0n) is 9.41. The maximum Gasteiger partial charge on any atom is 0.119 e. The van der Waals surface area contributed by atoms with Crippen molar-refractivity contribution in [3.63, 3.8) is 0 Å². The third kappa shape index (κ3) is 3.88. The number of hydrogen-bond acceptors (Lipinski definition) is 2. The summed E-state index contributed by atoms with van der Waals surface area (Å²) in [6.07, 6.45) is 0. The van der Waals surface area contributed by atoms with Gasteiger partial charge in [0.25, 0.3) is 0 Å². The summed E-state index contributed by atoms with van der Waals surface area (Å²) in [4.78, 5) is 0.499. The molecule has 1 rings (SSSR count). The Morgan fingerprint density at radius 2 is 1.87 bits per heavy atom. The van der Waals surface area contributed by atoms with Crippen LogP contribution in [-0.4, -0.2) is 11.6 Å². The Kier molecular flexibility index (Phi) is 4.09. The summed E-state index contributed by atoms with van der Waals surface area (Å²) in [7, 11) is 0. The van der Waals surface area contributed by atoms with E-state index in [-0.39, 0.29) is 5.92 Å². The molecule has 0 aromatic heterocycles. The van der Waals surface area contributed by atoms with Gasteiger partial charge in [0, 0.05) is 5.92 Å². The second-order valence-corrected chi connectivity index (χ2v) is 4.41. The lowest BCUT2D eigenvalue weighted by atomic mass is 10.1. The lowest BCUT2D eigenvalue weighted by Gasteiger charge is -2.12. The van der Waals surface area contributed by atoms with Crippen molar-refractivity contribution in [1.29, 1.82) is 0 Å². The molecule has 0 heterocycles. The van der Waals surface area contributed by atoms with Crippen molar-refractivity contribution in [2.75, 3.05) is 6.61 Å². The predicted molar refractivity (Wildman–Crippen MR) is 67.4 cm³/mol. The van der Waals surface area contributed by atoms with E-state index in [0.717, 1.165) is 5.75 Å². The molecule has 0 radical (unpaired) electrons. The summed E-state index contributed by atoms with van der Waals surface area (Å²) in [5.41, 5.74) is 7.92. The predicted octanol–water partition coefficient (Wildman–Crippen LogP) is 2.60. The van der Waals surface area contributed by atoms with Crippen LogP contribution >= 0.6 is 12.2 Å². The van der Waals surface area contributed by atoms with E-state index in [0.29, 0.717) is 11.6 Å². The van der Waals surface area contributed by atoms with E-state index in [1.807, 2.05) is 19.1 Å². The van der Waals surface area contributed by atoms with Gasteiger partial charge in [-0.15, -0.1) is 0 Å². The standard InChI is InChI=1S/C12H17NOS/c1-8-4-9(2)6-11(5-8)14-7-10(3)12(13)15/h4-6,10H,7H2,1-3H3,(H2,13,15). The van der Waals surface area contributed by atoms with Crippen LogP contribution in [0.25, 0.3) is 0 Å². The molecule has 1 aromatic rings. The van der Waals surface area contributed by atoms with Crippen LogP contribution in [0.4, 0.5) is 0 Å². The molecular formula is C12H17NOS. The Balaban J connectivity index is 2.61. The van der Waals surface area contributed by atoms with Gasteiger partial charge in [-0.2, -0.15) is 0 Å². The monoisotopic (exact) mass is 223 g/mol. The van der Waals surface area contributed by atoms with Crippen molar-refractivity contribution in [2.24, 2.45) is 11.7 Å². The average Bonchev–Trinajstić information content (AvgIpc) is 2.12. The first kappa shape index (κ1) is 12.0. The van der Waals surface area contributed by atoms with Gasteiger partial charge in [0.1, 0.15) is 5.75 Å². The Bertz CT molecular complexity index is 342. The molecule has 0 aliphatic carbocycles. The lowest BCUT2D eigenvalue weighted by molar-refractivity contribution is 0.293. The molecule has 0 saturated heterocycles. The van der Waals surface area contributed by atoms with E-state index in [9.17, 15) is 0 Å². The fourth-order valence-corrected chi connectivity index (χ4v) is 1.39. The highest BCUT2D eigenvalue weighted by atomic mass is 32.1. The molecule has 0 aliphatic rings. The molecule has 1 unspecified atom stereocenters. The lowest BCUT2D eigenvalue weighted by Crippen LogP contribution is -2.24. The highest BCUT2D eigenvalue weighted by Gasteiger charge is 2.06. The van der Waals surface area contributed by atoms with E-state index in [4.69, 9.17) is 22.7 Å². The molecule has 0 fully saturated rings. The molecule has 2 nitrogen and oxygen atoms in total. The third-order valence-corrected chi connectivity index (χ3v) is 2.58. The van der Waals surface area contributed by atoms with Crippen LogP contribution in [0.3, 0.4) is 0 Å². The highest BCUT2D eigenvalue weighted by Crippen LogP contribution is 2.16. The Labute approximate surface area is 96.4 Å². The summed E-state index contributed by atoms with van der Waals surface area (Å²) in [6, 6.07) is 6.14. The summed E-state index contributed by atoms with van der Waals surface area (Å²) in [5.74, 6) is 0.997. The van der Waals surface area contributed by atoms with Gasteiger partial charge < -0.3 is 10.5 Å². The van der Waals surface area contributed by atoms with Crippen LogP contribution in [0.1, 0.15) is 18.1 Å². The summed E-state index contributed by atoms with van der Waals surface area (Å²) in [6.45, 7) is 6.61. The van der Waals surface area contributed by atoms with Gasteiger partial charge >= 0.3 is 0 Å². The molecule has 82 valence electrons. The van der Waals surface area contributed by atoms with Crippen LogP contribution in [0.2, 0.25) is 0 Å². The number of ether oxygens (including phenoxy) is 1. The molecule has 0 amide bonds. The van der Waals surface area contributed by atoms with Crippen molar-refractivity contribution < 1.29 is 4.74 Å². The van der Waals surface area contributed by atoms with Gasteiger partial charge in [0.2, 0.25) is 0 Å². The van der Waals surface area contributed by atoms with E-state index >= 15 is 0 Å². The topological polar surface area (TPSA) is 35.2 Å². The first-order valence-electron chi connectivity index (χ1n) is 4.99. The maximum atomic E-state index is 5.62. The van der Waals surface area contributed by atoms with Crippen LogP contribution in [-0.2, 0) is 0 Å². The highest BCUT2D eigenvalue weighted by molar-refractivity contribution is 7.80. The smallest absolute Gasteiger partial charge is 0.119 e. The SMILES string of the molecule is Cc1cc(C)cc(OCC(C)C(N)=S)c1. The quantitative estimate of drug-likeness (QED) is 0.797. The number of hydrogen-bond donors (Lipinski definition) is 1. The van der Waals surface area contributed by atoms with Crippen molar-refractivity contribution in [3.8, 4) is 5.75 Å². The molecule has 2 N–H and O–H groups in total. The van der Waals surface area contributed by atoms with Crippen LogP contribution < -0.4 is 10.5 Å². The van der Waals surface area contributed by atoms with Gasteiger partial charge in [-0.05, 0) is 37.1 Å². The van der Waals surface area contributed by atoms with Crippen LogP contribution in [0.15, 0.2) is 18.2 Å². The summed E-state index contributed by atoms with van der Waals surface area (Å²) < 4.78 is 5.62. The largest absolute Gasteiger partial charge is 0.493 e. The molecule has 0 saturated carbocycles. The van der Waals surface area contributed by atoms with Gasteiger partial charge in [-0.1, -0.05) is 25.2 Å². The summed E-state index contributed by atoms with van der Waals surface area (Å²) in [5, 5.41) is 0. The first-order valence-corrected chi connectivity index (χ1v) is 5.40. The van der Waals surface area contributed by atoms with Crippen LogP contribution in [0.5, 0.6) is 5.75 Å².